The van der Waals surface area contributed by atoms with Crippen LogP contribution < -0.4 is 53.3 Å². The van der Waals surface area contributed by atoms with Gasteiger partial charge in [-0.3, -0.25) is 43.9 Å². The summed E-state index contributed by atoms with van der Waals surface area (Å²) in [6, 6.07) is 6.01. The second kappa shape index (κ2) is 23.8. The number of carbonyl (C=O) groups excluding carboxylic acids is 6. The van der Waals surface area contributed by atoms with Crippen LogP contribution in [0.25, 0.3) is 0 Å². The van der Waals surface area contributed by atoms with E-state index in [-0.39, 0.29) is 60.9 Å². The first-order chi connectivity index (χ1) is 28.6. The summed E-state index contributed by atoms with van der Waals surface area (Å²) in [4.78, 5) is 97.3. The van der Waals surface area contributed by atoms with Crippen LogP contribution in [0, 0.1) is 10.1 Å². The van der Waals surface area contributed by atoms with Crippen molar-refractivity contribution < 1.29 is 47.9 Å². The van der Waals surface area contributed by atoms with Crippen LogP contribution in [0.4, 0.5) is 5.69 Å². The van der Waals surface area contributed by atoms with E-state index in [2.05, 4.69) is 31.6 Å². The Morgan fingerprint density at radius 2 is 1.42 bits per heavy atom. The molecule has 1 aliphatic rings. The van der Waals surface area contributed by atoms with Gasteiger partial charge in [-0.25, -0.2) is 0 Å². The van der Waals surface area contributed by atoms with Crippen LogP contribution in [0.5, 0.6) is 11.5 Å². The Hall–Kier alpha value is -6.51. The number of nitrogens with two attached hydrogens (primary N) is 3. The van der Waals surface area contributed by atoms with E-state index >= 15 is 0 Å². The number of ether oxygens (including phenoxy) is 3. The van der Waals surface area contributed by atoms with Crippen molar-refractivity contribution in [3.05, 3.63) is 63.7 Å². The minimum Gasteiger partial charge on any atom is -0.493 e. The van der Waals surface area contributed by atoms with Crippen molar-refractivity contribution >= 4 is 47.2 Å². The van der Waals surface area contributed by atoms with Crippen molar-refractivity contribution in [2.24, 2.45) is 22.2 Å². The maximum atomic E-state index is 14.0. The molecule has 328 valence electrons. The molecule has 21 heteroatoms. The number of nitrogens with zero attached hydrogens (tertiary/aromatic N) is 2. The number of unbranched alkanes of at least 4 members (excludes halogenated alkanes) is 1. The van der Waals surface area contributed by atoms with Gasteiger partial charge in [0.05, 0.1) is 38.2 Å². The Morgan fingerprint density at radius 3 is 2.03 bits per heavy atom. The Bertz CT molecular complexity index is 1860. The van der Waals surface area contributed by atoms with E-state index < -0.39 is 89.6 Å². The van der Waals surface area contributed by atoms with Crippen LogP contribution in [0.1, 0.15) is 69.4 Å². The molecule has 0 aliphatic carbocycles. The average Bonchev–Trinajstić information content (AvgIpc) is 3.21. The van der Waals surface area contributed by atoms with Gasteiger partial charge >= 0.3 is 5.97 Å². The fraction of sp³-hybridized carbons (Fsp3) is 0.513. The fourth-order valence-electron chi connectivity index (χ4n) is 6.34. The highest BCUT2D eigenvalue weighted by atomic mass is 16.6. The number of hydrogen-bond donors (Lipinski definition) is 8. The summed E-state index contributed by atoms with van der Waals surface area (Å²) in [6.07, 6.45) is -0.390. The lowest BCUT2D eigenvalue weighted by atomic mass is 9.94. The monoisotopic (exact) mass is 840 g/mol. The summed E-state index contributed by atoms with van der Waals surface area (Å²) in [6.45, 7) is 2.88. The number of nitro groups is 1. The predicted octanol–water partition coefficient (Wildman–Crippen LogP) is -0.468. The molecular weight excluding hydrogens is 784 g/mol. The predicted molar refractivity (Wildman–Crippen MR) is 218 cm³/mol. The Balaban J connectivity index is 1.97. The molecule has 1 heterocycles. The number of nitro benzene ring substituents is 1. The smallest absolute Gasteiger partial charge is 0.308 e. The molecule has 0 saturated carbocycles. The SMILES string of the molecule is COc1cc(C(C)C(C)OC(=O)C[C@@H]2NC(=O)CNC(=O)[C@H](CCCN=C(N)N)NC(=O)[C@H](CCCCN)NC(=O)[C@H](Cc3ccccc3)NC2=O)c([N+](=O)[O-])cc1OC. The van der Waals surface area contributed by atoms with Crippen LogP contribution in [-0.4, -0.2) is 111 Å². The normalized spacial score (nSPS) is 20.0. The molecule has 5 amide bonds. The average molecular weight is 841 g/mol. The molecule has 1 aliphatic heterocycles. The van der Waals surface area contributed by atoms with Gasteiger partial charge in [-0.15, -0.1) is 0 Å². The van der Waals surface area contributed by atoms with Gasteiger partial charge in [-0.1, -0.05) is 37.3 Å². The van der Waals surface area contributed by atoms with Crippen LogP contribution >= 0.6 is 0 Å². The highest BCUT2D eigenvalue weighted by Crippen LogP contribution is 2.39. The first-order valence-corrected chi connectivity index (χ1v) is 19.5. The standard InChI is InChI=1S/C39H56N10O11/c1-22(25-18-31(58-3)32(59-4)20-30(25)49(56)57)23(2)60-34(51)19-29-38(55)48-28(17-24-11-6-5-7-12-24)37(54)47-27(13-8-9-15-40)36(53)46-26(14-10-16-43-39(41)42)35(52)44-21-33(50)45-29/h5-7,11-12,18,20,22-23,26-29H,8-10,13-17,19,21,40H2,1-4H3,(H,44,52)(H,45,50)(H,46,53)(H,47,54)(H,48,55)(H4,41,42,43)/t22?,23?,26-,27-,28-,29-/m0/s1. The molecule has 11 N–H and O–H groups in total. The topological polar surface area (TPSA) is 324 Å². The molecule has 60 heavy (non-hydrogen) atoms. The number of methoxy groups -OCH3 is 2. The third kappa shape index (κ3) is 14.7. The number of rotatable bonds is 18. The summed E-state index contributed by atoms with van der Waals surface area (Å²) in [7, 11) is 2.69. The summed E-state index contributed by atoms with van der Waals surface area (Å²) in [5, 5.41) is 24.9. The lowest BCUT2D eigenvalue weighted by molar-refractivity contribution is -0.385. The molecule has 6 atom stereocenters. The van der Waals surface area contributed by atoms with Crippen molar-refractivity contribution in [3.63, 3.8) is 0 Å². The Morgan fingerprint density at radius 1 is 0.833 bits per heavy atom. The molecular formula is C39H56N10O11. The van der Waals surface area contributed by atoms with E-state index in [1.54, 1.807) is 37.3 Å². The molecule has 2 unspecified atom stereocenters. The van der Waals surface area contributed by atoms with Crippen molar-refractivity contribution in [1.29, 1.82) is 0 Å². The summed E-state index contributed by atoms with van der Waals surface area (Å²) < 4.78 is 16.2. The number of amides is 5. The molecule has 21 nitrogen and oxygen atoms in total. The zero-order valence-corrected chi connectivity index (χ0v) is 34.2. The molecule has 0 bridgehead atoms. The van der Waals surface area contributed by atoms with Crippen LogP contribution in [0.2, 0.25) is 0 Å². The summed E-state index contributed by atoms with van der Waals surface area (Å²) >= 11 is 0. The van der Waals surface area contributed by atoms with Gasteiger partial charge in [0.1, 0.15) is 30.3 Å². The lowest BCUT2D eigenvalue weighted by Crippen LogP contribution is -2.58. The first-order valence-electron chi connectivity index (χ1n) is 19.5. The van der Waals surface area contributed by atoms with Crippen molar-refractivity contribution in [3.8, 4) is 11.5 Å². The molecule has 0 aromatic heterocycles. The third-order valence-corrected chi connectivity index (χ3v) is 9.76. The largest absolute Gasteiger partial charge is 0.493 e. The van der Waals surface area contributed by atoms with Gasteiger partial charge in [0.15, 0.2) is 17.5 Å². The van der Waals surface area contributed by atoms with Gasteiger partial charge in [0, 0.05) is 24.4 Å². The van der Waals surface area contributed by atoms with E-state index in [4.69, 9.17) is 31.4 Å². The zero-order valence-electron chi connectivity index (χ0n) is 34.2. The van der Waals surface area contributed by atoms with Crippen molar-refractivity contribution in [2.75, 3.05) is 33.9 Å². The number of nitrogens with one attached hydrogen (secondary N) is 5. The van der Waals surface area contributed by atoms with E-state index in [9.17, 15) is 38.9 Å². The quantitative estimate of drug-likeness (QED) is 0.0235. The highest BCUT2D eigenvalue weighted by Gasteiger charge is 2.35. The van der Waals surface area contributed by atoms with Crippen LogP contribution in [0.3, 0.4) is 0 Å². The van der Waals surface area contributed by atoms with Crippen LogP contribution in [-0.2, 0) is 39.9 Å². The van der Waals surface area contributed by atoms with Gasteiger partial charge in [-0.2, -0.15) is 0 Å². The number of hydrogen-bond acceptors (Lipinski definition) is 13. The number of guanidine groups is 1. The van der Waals surface area contributed by atoms with Crippen molar-refractivity contribution in [1.82, 2.24) is 26.6 Å². The summed E-state index contributed by atoms with van der Waals surface area (Å²) in [5.74, 6) is -5.61. The Labute approximate surface area is 347 Å². The van der Waals surface area contributed by atoms with E-state index in [1.165, 1.54) is 33.3 Å². The van der Waals surface area contributed by atoms with E-state index in [1.807, 2.05) is 0 Å². The number of esters is 1. The zero-order chi connectivity index (χ0) is 44.4. The summed E-state index contributed by atoms with van der Waals surface area (Å²) in [5.41, 5.74) is 17.0. The first kappa shape index (κ1) is 47.9. The number of carbonyl (C=O) groups is 6. The molecule has 2 aromatic carbocycles. The number of aliphatic imine (C=N–C) groups is 1. The molecule has 2 aromatic rings. The molecule has 0 radical (unpaired) electrons. The van der Waals surface area contributed by atoms with Gasteiger partial charge < -0.3 is 58.0 Å². The lowest BCUT2D eigenvalue weighted by Gasteiger charge is -2.26. The van der Waals surface area contributed by atoms with Crippen LogP contribution in [0.15, 0.2) is 47.5 Å². The third-order valence-electron chi connectivity index (χ3n) is 9.76. The molecule has 1 fully saturated rings. The Kier molecular flexibility index (Phi) is 19.0. The van der Waals surface area contributed by atoms with E-state index in [0.29, 0.717) is 24.9 Å². The fourth-order valence-corrected chi connectivity index (χ4v) is 6.34. The van der Waals surface area contributed by atoms with Gasteiger partial charge in [0.25, 0.3) is 5.69 Å². The molecule has 0 spiro atoms. The molecule has 3 rings (SSSR count). The number of benzene rings is 2. The van der Waals surface area contributed by atoms with Crippen molar-refractivity contribution in [2.45, 2.75) is 95.0 Å². The highest BCUT2D eigenvalue weighted by molar-refractivity contribution is 5.98. The maximum absolute atomic E-state index is 14.0. The maximum Gasteiger partial charge on any atom is 0.308 e. The second-order valence-corrected chi connectivity index (χ2v) is 14.2. The minimum absolute atomic E-state index is 0.0488. The second-order valence-electron chi connectivity index (χ2n) is 14.2. The van der Waals surface area contributed by atoms with Gasteiger partial charge in [-0.05, 0) is 57.2 Å². The minimum atomic E-state index is -1.63. The molecule has 1 saturated heterocycles. The van der Waals surface area contributed by atoms with Gasteiger partial charge in [0.2, 0.25) is 29.5 Å². The van der Waals surface area contributed by atoms with E-state index in [0.717, 1.165) is 0 Å².